The van der Waals surface area contributed by atoms with E-state index in [1.54, 1.807) is 0 Å². The van der Waals surface area contributed by atoms with E-state index in [0.717, 1.165) is 38.7 Å². The van der Waals surface area contributed by atoms with E-state index in [0.29, 0.717) is 13.2 Å². The van der Waals surface area contributed by atoms with Crippen molar-refractivity contribution in [1.29, 1.82) is 0 Å². The predicted molar refractivity (Wildman–Crippen MR) is 113 cm³/mol. The largest absolute Gasteiger partial charge is 0.380 e. The summed E-state index contributed by atoms with van der Waals surface area (Å²) in [6.45, 7) is 12.0. The summed E-state index contributed by atoms with van der Waals surface area (Å²) in [5, 5.41) is 6.55. The molecule has 5 nitrogen and oxygen atoms in total. The molecule has 1 rings (SSSR count). The van der Waals surface area contributed by atoms with Gasteiger partial charge in [-0.15, -0.1) is 24.0 Å². The zero-order chi connectivity index (χ0) is 16.9. The molecule has 0 saturated heterocycles. The molecule has 0 fully saturated rings. The zero-order valence-corrected chi connectivity index (χ0v) is 17.8. The topological polar surface area (TPSA) is 48.9 Å². The van der Waals surface area contributed by atoms with Crippen LogP contribution in [0.4, 0.5) is 0 Å². The number of hydrogen-bond donors (Lipinski definition) is 2. The van der Waals surface area contributed by atoms with Gasteiger partial charge in [0, 0.05) is 26.2 Å². The van der Waals surface area contributed by atoms with Crippen molar-refractivity contribution in [2.75, 3.05) is 39.9 Å². The van der Waals surface area contributed by atoms with Crippen molar-refractivity contribution in [3.8, 4) is 0 Å². The minimum atomic E-state index is 0. The molecule has 0 radical (unpaired) electrons. The standard InChI is InChI=1S/C18H32N4O.HI/c1-5-19-18(20-11-12-23-7-3)21-14-16-9-8-10-17(13-16)15-22(4)6-2;/h8-10,13H,5-7,11-12,14-15H2,1-4H3,(H2,19,20,21);1H. The maximum Gasteiger partial charge on any atom is 0.191 e. The van der Waals surface area contributed by atoms with Gasteiger partial charge in [0.2, 0.25) is 0 Å². The molecule has 0 aromatic heterocycles. The van der Waals surface area contributed by atoms with Gasteiger partial charge in [0.05, 0.1) is 13.2 Å². The highest BCUT2D eigenvalue weighted by Crippen LogP contribution is 2.08. The Balaban J connectivity index is 0.00000529. The molecule has 24 heavy (non-hydrogen) atoms. The third-order valence-electron chi connectivity index (χ3n) is 3.49. The first-order chi connectivity index (χ1) is 11.2. The van der Waals surface area contributed by atoms with E-state index in [9.17, 15) is 0 Å². The molecule has 2 N–H and O–H groups in total. The van der Waals surface area contributed by atoms with Crippen molar-refractivity contribution < 1.29 is 4.74 Å². The first-order valence-electron chi connectivity index (χ1n) is 8.55. The second-order valence-electron chi connectivity index (χ2n) is 5.47. The van der Waals surface area contributed by atoms with Gasteiger partial charge in [-0.3, -0.25) is 0 Å². The fourth-order valence-corrected chi connectivity index (χ4v) is 2.15. The molecule has 1 aromatic rings. The molecule has 0 heterocycles. The Morgan fingerprint density at radius 3 is 2.58 bits per heavy atom. The number of ether oxygens (including phenoxy) is 1. The Morgan fingerprint density at radius 1 is 1.17 bits per heavy atom. The molecule has 0 atom stereocenters. The summed E-state index contributed by atoms with van der Waals surface area (Å²) < 4.78 is 5.34. The van der Waals surface area contributed by atoms with Crippen LogP contribution in [0, 0.1) is 0 Å². The van der Waals surface area contributed by atoms with Crippen LogP contribution >= 0.6 is 24.0 Å². The second-order valence-corrected chi connectivity index (χ2v) is 5.47. The Kier molecular flexibility index (Phi) is 14.0. The predicted octanol–water partition coefficient (Wildman–Crippen LogP) is 2.85. The van der Waals surface area contributed by atoms with Gasteiger partial charge < -0.3 is 20.3 Å². The number of rotatable bonds is 10. The highest BCUT2D eigenvalue weighted by Gasteiger charge is 2.01. The van der Waals surface area contributed by atoms with Gasteiger partial charge in [0.25, 0.3) is 0 Å². The molecule has 0 aliphatic rings. The maximum atomic E-state index is 5.34. The molecular formula is C18H33IN4O. The van der Waals surface area contributed by atoms with Gasteiger partial charge in [-0.25, -0.2) is 4.99 Å². The Labute approximate surface area is 164 Å². The summed E-state index contributed by atoms with van der Waals surface area (Å²) in [5.74, 6) is 0.836. The average Bonchev–Trinajstić information content (AvgIpc) is 2.56. The Morgan fingerprint density at radius 2 is 1.92 bits per heavy atom. The first-order valence-corrected chi connectivity index (χ1v) is 8.55. The normalized spacial score (nSPS) is 11.3. The van der Waals surface area contributed by atoms with Crippen molar-refractivity contribution in [3.05, 3.63) is 35.4 Å². The van der Waals surface area contributed by atoms with Crippen LogP contribution in [-0.4, -0.2) is 50.8 Å². The molecule has 0 unspecified atom stereocenters. The van der Waals surface area contributed by atoms with E-state index < -0.39 is 0 Å². The van der Waals surface area contributed by atoms with Crippen LogP contribution in [0.2, 0.25) is 0 Å². The van der Waals surface area contributed by atoms with E-state index in [1.165, 1.54) is 11.1 Å². The van der Waals surface area contributed by atoms with Crippen LogP contribution in [0.15, 0.2) is 29.3 Å². The lowest BCUT2D eigenvalue weighted by atomic mass is 10.1. The van der Waals surface area contributed by atoms with E-state index in [4.69, 9.17) is 4.74 Å². The summed E-state index contributed by atoms with van der Waals surface area (Å²) >= 11 is 0. The van der Waals surface area contributed by atoms with E-state index >= 15 is 0 Å². The molecule has 0 aliphatic heterocycles. The molecule has 0 bridgehead atoms. The van der Waals surface area contributed by atoms with Gasteiger partial charge in [-0.1, -0.05) is 31.2 Å². The SMILES string of the molecule is CCNC(=NCc1cccc(CN(C)CC)c1)NCCOCC.I. The molecule has 0 amide bonds. The number of aliphatic imine (C=N–C) groups is 1. The van der Waals surface area contributed by atoms with Gasteiger partial charge >= 0.3 is 0 Å². The average molecular weight is 448 g/mol. The lowest BCUT2D eigenvalue weighted by Gasteiger charge is -2.14. The van der Waals surface area contributed by atoms with Crippen molar-refractivity contribution in [2.24, 2.45) is 4.99 Å². The lowest BCUT2D eigenvalue weighted by Crippen LogP contribution is -2.39. The third-order valence-corrected chi connectivity index (χ3v) is 3.49. The van der Waals surface area contributed by atoms with E-state index in [2.05, 4.69) is 65.7 Å². The molecule has 6 heteroatoms. The summed E-state index contributed by atoms with van der Waals surface area (Å²) in [4.78, 5) is 6.94. The summed E-state index contributed by atoms with van der Waals surface area (Å²) in [7, 11) is 2.14. The minimum absolute atomic E-state index is 0. The zero-order valence-electron chi connectivity index (χ0n) is 15.5. The Hall–Kier alpha value is -0.860. The maximum absolute atomic E-state index is 5.34. The number of guanidine groups is 1. The van der Waals surface area contributed by atoms with Crippen molar-refractivity contribution >= 4 is 29.9 Å². The lowest BCUT2D eigenvalue weighted by molar-refractivity contribution is 0.152. The number of halogens is 1. The van der Waals surface area contributed by atoms with Gasteiger partial charge in [0.1, 0.15) is 0 Å². The minimum Gasteiger partial charge on any atom is -0.380 e. The number of hydrogen-bond acceptors (Lipinski definition) is 3. The van der Waals surface area contributed by atoms with Crippen molar-refractivity contribution in [2.45, 2.75) is 33.9 Å². The molecule has 0 aliphatic carbocycles. The monoisotopic (exact) mass is 448 g/mol. The first kappa shape index (κ1) is 23.1. The molecule has 0 saturated carbocycles. The third kappa shape index (κ3) is 10.1. The van der Waals surface area contributed by atoms with Crippen LogP contribution in [0.1, 0.15) is 31.9 Å². The molecular weight excluding hydrogens is 415 g/mol. The highest BCUT2D eigenvalue weighted by atomic mass is 127. The smallest absolute Gasteiger partial charge is 0.191 e. The van der Waals surface area contributed by atoms with E-state index in [1.807, 2.05) is 6.92 Å². The molecule has 138 valence electrons. The second kappa shape index (κ2) is 14.5. The van der Waals surface area contributed by atoms with Crippen molar-refractivity contribution in [1.82, 2.24) is 15.5 Å². The molecule has 1 aromatic carbocycles. The molecule has 0 spiro atoms. The van der Waals surface area contributed by atoms with Gasteiger partial charge in [0.15, 0.2) is 5.96 Å². The quantitative estimate of drug-likeness (QED) is 0.250. The summed E-state index contributed by atoms with van der Waals surface area (Å²) in [6, 6.07) is 8.65. The van der Waals surface area contributed by atoms with Crippen LogP contribution in [0.25, 0.3) is 0 Å². The van der Waals surface area contributed by atoms with Crippen LogP contribution in [-0.2, 0) is 17.8 Å². The Bertz CT molecular complexity index is 468. The highest BCUT2D eigenvalue weighted by molar-refractivity contribution is 14.0. The van der Waals surface area contributed by atoms with Gasteiger partial charge in [-0.05, 0) is 38.6 Å². The van der Waals surface area contributed by atoms with Crippen LogP contribution in [0.5, 0.6) is 0 Å². The number of benzene rings is 1. The van der Waals surface area contributed by atoms with Crippen molar-refractivity contribution in [3.63, 3.8) is 0 Å². The number of nitrogens with one attached hydrogen (secondary N) is 2. The van der Waals surface area contributed by atoms with Crippen LogP contribution in [0.3, 0.4) is 0 Å². The van der Waals surface area contributed by atoms with E-state index in [-0.39, 0.29) is 24.0 Å². The summed E-state index contributed by atoms with van der Waals surface area (Å²) in [6.07, 6.45) is 0. The fourth-order valence-electron chi connectivity index (χ4n) is 2.15. The fraction of sp³-hybridized carbons (Fsp3) is 0.611. The number of nitrogens with zero attached hydrogens (tertiary/aromatic N) is 2. The van der Waals surface area contributed by atoms with Crippen LogP contribution < -0.4 is 10.6 Å². The summed E-state index contributed by atoms with van der Waals surface area (Å²) in [5.41, 5.74) is 2.56. The van der Waals surface area contributed by atoms with Gasteiger partial charge in [-0.2, -0.15) is 0 Å².